The number of hydrogen-bond donors (Lipinski definition) is 0. The van der Waals surface area contributed by atoms with Crippen molar-refractivity contribution in [1.82, 2.24) is 0 Å². The van der Waals surface area contributed by atoms with Gasteiger partial charge in [-0.25, -0.2) is 0 Å². The van der Waals surface area contributed by atoms with Crippen molar-refractivity contribution in [1.29, 1.82) is 0 Å². The van der Waals surface area contributed by atoms with Crippen LogP contribution in [0.1, 0.15) is 13.3 Å². The molecule has 1 heterocycles. The first kappa shape index (κ1) is 5.47. The maximum Gasteiger partial charge on any atom is 0.188 e. The van der Waals surface area contributed by atoms with Crippen LogP contribution < -0.4 is 0 Å². The average molecular weight is 210 g/mol. The van der Waals surface area contributed by atoms with Crippen molar-refractivity contribution in [2.75, 3.05) is 4.43 Å². The van der Waals surface area contributed by atoms with Crippen molar-refractivity contribution in [3.8, 4) is 0 Å². The minimum atomic E-state index is 0.0428. The quantitative estimate of drug-likeness (QED) is 0.491. The molecule has 0 aromatic heterocycles. The molecule has 3 heteroatoms. The highest BCUT2D eigenvalue weighted by Gasteiger charge is 2.32. The lowest BCUT2D eigenvalue weighted by atomic mass is 10.2. The van der Waals surface area contributed by atoms with Crippen LogP contribution in [0, 0.1) is 0 Å². The van der Waals surface area contributed by atoms with Gasteiger partial charge in [-0.2, -0.15) is 10.2 Å². The minimum Gasteiger partial charge on any atom is -0.159 e. The summed E-state index contributed by atoms with van der Waals surface area (Å²) in [5, 5.41) is 7.69. The Labute approximate surface area is 56.5 Å². The molecule has 1 rings (SSSR count). The Morgan fingerprint density at radius 1 is 1.57 bits per heavy atom. The number of alkyl halides is 1. The highest BCUT2D eigenvalue weighted by Crippen LogP contribution is 2.30. The van der Waals surface area contributed by atoms with E-state index in [-0.39, 0.29) is 5.66 Å². The fraction of sp³-hybridized carbons (Fsp3) is 1.00. The molecule has 0 fully saturated rings. The van der Waals surface area contributed by atoms with E-state index < -0.39 is 0 Å². The van der Waals surface area contributed by atoms with E-state index in [9.17, 15) is 0 Å². The molecule has 40 valence electrons. The molecule has 7 heavy (non-hydrogen) atoms. The van der Waals surface area contributed by atoms with E-state index in [1.165, 1.54) is 0 Å². The molecule has 0 aromatic rings. The molecule has 0 bridgehead atoms. The Bertz CT molecular complexity index is 93.9. The first-order valence-electron chi connectivity index (χ1n) is 2.27. The number of nitrogens with zero attached hydrogens (tertiary/aromatic N) is 2. The Hall–Kier alpha value is 0.330. The summed E-state index contributed by atoms with van der Waals surface area (Å²) in [7, 11) is 0. The van der Waals surface area contributed by atoms with E-state index in [1.807, 2.05) is 6.92 Å². The predicted molar refractivity (Wildman–Crippen MR) is 36.8 cm³/mol. The van der Waals surface area contributed by atoms with Gasteiger partial charge in [0.05, 0.1) is 0 Å². The van der Waals surface area contributed by atoms with Gasteiger partial charge in [0.2, 0.25) is 0 Å². The minimum absolute atomic E-state index is 0.0428. The number of halogens is 1. The molecule has 0 atom stereocenters. The van der Waals surface area contributed by atoms with Crippen molar-refractivity contribution >= 4 is 22.6 Å². The molecule has 1 aliphatic rings. The molecular weight excluding hydrogens is 203 g/mol. The number of hydrogen-bond acceptors (Lipinski definition) is 2. The molecule has 0 amide bonds. The summed E-state index contributed by atoms with van der Waals surface area (Å²) in [6.45, 7) is 2.05. The maximum absolute atomic E-state index is 3.84. The van der Waals surface area contributed by atoms with Crippen LogP contribution in [0.5, 0.6) is 0 Å². The van der Waals surface area contributed by atoms with Crippen LogP contribution in [0.25, 0.3) is 0 Å². The van der Waals surface area contributed by atoms with Crippen LogP contribution in [-0.4, -0.2) is 10.1 Å². The van der Waals surface area contributed by atoms with E-state index in [0.29, 0.717) is 0 Å². The lowest BCUT2D eigenvalue weighted by Crippen LogP contribution is -2.02. The van der Waals surface area contributed by atoms with Gasteiger partial charge in [-0.3, -0.25) is 0 Å². The fourth-order valence-electron chi connectivity index (χ4n) is 0.364. The smallest absolute Gasteiger partial charge is 0.159 e. The lowest BCUT2D eigenvalue weighted by molar-refractivity contribution is 0.652. The lowest BCUT2D eigenvalue weighted by Gasteiger charge is -1.94. The van der Waals surface area contributed by atoms with E-state index in [0.717, 1.165) is 10.8 Å². The highest BCUT2D eigenvalue weighted by atomic mass is 127. The Morgan fingerprint density at radius 3 is 2.29 bits per heavy atom. The van der Waals surface area contributed by atoms with Crippen LogP contribution >= 0.6 is 22.6 Å². The second kappa shape index (κ2) is 1.69. The van der Waals surface area contributed by atoms with Gasteiger partial charge in [-0.1, -0.05) is 22.6 Å². The van der Waals surface area contributed by atoms with E-state index >= 15 is 0 Å². The normalized spacial score (nSPS) is 22.6. The van der Waals surface area contributed by atoms with Gasteiger partial charge < -0.3 is 0 Å². The first-order chi connectivity index (χ1) is 3.27. The largest absolute Gasteiger partial charge is 0.188 e. The van der Waals surface area contributed by atoms with Gasteiger partial charge in [0.25, 0.3) is 0 Å². The summed E-state index contributed by atoms with van der Waals surface area (Å²) in [6.07, 6.45) is 1.10. The van der Waals surface area contributed by atoms with Crippen LogP contribution in [0.2, 0.25) is 0 Å². The first-order valence-corrected chi connectivity index (χ1v) is 3.79. The van der Waals surface area contributed by atoms with Crippen LogP contribution in [0.15, 0.2) is 10.2 Å². The highest BCUT2D eigenvalue weighted by molar-refractivity contribution is 14.1. The molecule has 0 spiro atoms. The van der Waals surface area contributed by atoms with Crippen molar-refractivity contribution < 1.29 is 0 Å². The average Bonchev–Trinajstić information content (AvgIpc) is 2.22. The zero-order valence-corrected chi connectivity index (χ0v) is 6.34. The molecular formula is C4H7IN2. The summed E-state index contributed by atoms with van der Waals surface area (Å²) >= 11 is 2.33. The Balaban J connectivity index is 2.16. The third-order valence-corrected chi connectivity index (χ3v) is 1.55. The van der Waals surface area contributed by atoms with Gasteiger partial charge in [0.15, 0.2) is 5.66 Å². The summed E-state index contributed by atoms with van der Waals surface area (Å²) in [6, 6.07) is 0. The Kier molecular flexibility index (Phi) is 1.32. The Morgan fingerprint density at radius 2 is 2.14 bits per heavy atom. The van der Waals surface area contributed by atoms with Crippen LogP contribution in [0.4, 0.5) is 0 Å². The third kappa shape index (κ3) is 1.36. The molecule has 0 radical (unpaired) electrons. The summed E-state index contributed by atoms with van der Waals surface area (Å²) in [4.78, 5) is 0. The molecule has 0 aromatic carbocycles. The van der Waals surface area contributed by atoms with Crippen molar-refractivity contribution in [2.24, 2.45) is 10.2 Å². The summed E-state index contributed by atoms with van der Waals surface area (Å²) < 4.78 is 1.15. The van der Waals surface area contributed by atoms with E-state index in [1.54, 1.807) is 0 Å². The fourth-order valence-corrected chi connectivity index (χ4v) is 1.39. The summed E-state index contributed by atoms with van der Waals surface area (Å²) in [5.41, 5.74) is 0.0428. The van der Waals surface area contributed by atoms with Gasteiger partial charge in [0, 0.05) is 10.8 Å². The molecule has 0 saturated carbocycles. The topological polar surface area (TPSA) is 24.7 Å². The molecule has 0 saturated heterocycles. The SMILES string of the molecule is CC1(CCI)N=N1. The third-order valence-electron chi connectivity index (χ3n) is 1.01. The second-order valence-electron chi connectivity index (χ2n) is 1.86. The van der Waals surface area contributed by atoms with Crippen molar-refractivity contribution in [2.45, 2.75) is 19.0 Å². The van der Waals surface area contributed by atoms with Gasteiger partial charge in [0.1, 0.15) is 0 Å². The molecule has 0 unspecified atom stereocenters. The zero-order valence-electron chi connectivity index (χ0n) is 4.19. The standard InChI is InChI=1S/C4H7IN2/c1-4(2-3-5)6-7-4/h2-3H2,1H3. The molecule has 2 nitrogen and oxygen atoms in total. The van der Waals surface area contributed by atoms with Crippen molar-refractivity contribution in [3.63, 3.8) is 0 Å². The van der Waals surface area contributed by atoms with Gasteiger partial charge >= 0.3 is 0 Å². The predicted octanol–water partition coefficient (Wildman–Crippen LogP) is 1.99. The maximum atomic E-state index is 3.84. The number of rotatable bonds is 2. The van der Waals surface area contributed by atoms with Gasteiger partial charge in [-0.15, -0.1) is 0 Å². The molecule has 0 N–H and O–H groups in total. The zero-order chi connectivity index (χ0) is 5.33. The second-order valence-corrected chi connectivity index (χ2v) is 2.93. The molecule has 0 aliphatic carbocycles. The van der Waals surface area contributed by atoms with Crippen LogP contribution in [0.3, 0.4) is 0 Å². The van der Waals surface area contributed by atoms with Crippen molar-refractivity contribution in [3.05, 3.63) is 0 Å². The molecule has 1 aliphatic heterocycles. The van der Waals surface area contributed by atoms with Gasteiger partial charge in [-0.05, 0) is 6.92 Å². The van der Waals surface area contributed by atoms with E-state index in [2.05, 4.69) is 32.8 Å². The monoisotopic (exact) mass is 210 g/mol. The summed E-state index contributed by atoms with van der Waals surface area (Å²) in [5.74, 6) is 0. The van der Waals surface area contributed by atoms with Crippen LogP contribution in [-0.2, 0) is 0 Å². The van der Waals surface area contributed by atoms with E-state index in [4.69, 9.17) is 0 Å².